The quantitative estimate of drug-likeness (QED) is 0.687. The molecule has 0 saturated heterocycles. The van der Waals surface area contributed by atoms with Crippen molar-refractivity contribution in [2.45, 2.75) is 11.2 Å². The topological polar surface area (TPSA) is 0 Å². The van der Waals surface area contributed by atoms with Gasteiger partial charge in [0.2, 0.25) is 0 Å². The fourth-order valence-corrected chi connectivity index (χ4v) is 2.50. The SMILES string of the molecule is Fc1ccc(CC(Br)c2cccc(Cl)c2)cc1. The molecule has 0 saturated carbocycles. The van der Waals surface area contributed by atoms with Gasteiger partial charge in [0.25, 0.3) is 0 Å². The molecular weight excluding hydrogens is 303 g/mol. The highest BCUT2D eigenvalue weighted by Gasteiger charge is 2.08. The second-order valence-electron chi connectivity index (χ2n) is 3.85. The molecular formula is C14H11BrClF. The maximum atomic E-state index is 12.8. The molecule has 2 rings (SSSR count). The second-order valence-corrected chi connectivity index (χ2v) is 5.39. The molecule has 17 heavy (non-hydrogen) atoms. The Morgan fingerprint density at radius 3 is 2.47 bits per heavy atom. The van der Waals surface area contributed by atoms with Gasteiger partial charge in [-0.25, -0.2) is 4.39 Å². The minimum Gasteiger partial charge on any atom is -0.207 e. The molecule has 0 bridgehead atoms. The van der Waals surface area contributed by atoms with E-state index in [1.807, 2.05) is 24.3 Å². The van der Waals surface area contributed by atoms with Crippen LogP contribution in [0.2, 0.25) is 5.02 Å². The van der Waals surface area contributed by atoms with E-state index in [0.717, 1.165) is 22.6 Å². The summed E-state index contributed by atoms with van der Waals surface area (Å²) in [6.07, 6.45) is 0.806. The third kappa shape index (κ3) is 3.55. The van der Waals surface area contributed by atoms with Crippen molar-refractivity contribution in [2.75, 3.05) is 0 Å². The molecule has 0 heterocycles. The van der Waals surface area contributed by atoms with Gasteiger partial charge in [-0.2, -0.15) is 0 Å². The van der Waals surface area contributed by atoms with Gasteiger partial charge >= 0.3 is 0 Å². The lowest BCUT2D eigenvalue weighted by molar-refractivity contribution is 0.627. The van der Waals surface area contributed by atoms with Crippen LogP contribution in [0.4, 0.5) is 4.39 Å². The molecule has 1 atom stereocenters. The van der Waals surface area contributed by atoms with Crippen molar-refractivity contribution < 1.29 is 4.39 Å². The second kappa shape index (κ2) is 5.65. The van der Waals surface area contributed by atoms with Crippen LogP contribution in [0.25, 0.3) is 0 Å². The monoisotopic (exact) mass is 312 g/mol. The van der Waals surface area contributed by atoms with Crippen LogP contribution in [-0.2, 0) is 6.42 Å². The van der Waals surface area contributed by atoms with Gasteiger partial charge in [-0.15, -0.1) is 0 Å². The number of alkyl halides is 1. The first-order valence-electron chi connectivity index (χ1n) is 5.29. The molecule has 3 heteroatoms. The largest absolute Gasteiger partial charge is 0.207 e. The van der Waals surface area contributed by atoms with Gasteiger partial charge in [0, 0.05) is 9.85 Å². The Morgan fingerprint density at radius 2 is 1.82 bits per heavy atom. The summed E-state index contributed by atoms with van der Waals surface area (Å²) in [6.45, 7) is 0. The predicted octanol–water partition coefficient (Wildman–Crippen LogP) is 5.16. The molecule has 2 aromatic rings. The third-order valence-electron chi connectivity index (χ3n) is 2.54. The van der Waals surface area contributed by atoms with Crippen LogP contribution in [0.15, 0.2) is 48.5 Å². The molecule has 0 aliphatic heterocycles. The van der Waals surface area contributed by atoms with E-state index in [1.165, 1.54) is 12.1 Å². The van der Waals surface area contributed by atoms with Gasteiger partial charge in [-0.1, -0.05) is 51.8 Å². The Labute approximate surface area is 114 Å². The first kappa shape index (κ1) is 12.6. The molecule has 0 amide bonds. The first-order chi connectivity index (χ1) is 8.15. The predicted molar refractivity (Wildman–Crippen MR) is 73.2 cm³/mol. The van der Waals surface area contributed by atoms with Crippen molar-refractivity contribution in [3.05, 3.63) is 70.5 Å². The van der Waals surface area contributed by atoms with Crippen LogP contribution < -0.4 is 0 Å². The fraction of sp³-hybridized carbons (Fsp3) is 0.143. The minimum atomic E-state index is -0.206. The average molecular weight is 314 g/mol. The lowest BCUT2D eigenvalue weighted by Crippen LogP contribution is -1.95. The van der Waals surface area contributed by atoms with E-state index in [0.29, 0.717) is 0 Å². The van der Waals surface area contributed by atoms with Crippen molar-refractivity contribution in [1.82, 2.24) is 0 Å². The standard InChI is InChI=1S/C14H11BrClF/c15-14(11-2-1-3-12(16)9-11)8-10-4-6-13(17)7-5-10/h1-7,9,14H,8H2. The maximum absolute atomic E-state index is 12.8. The van der Waals surface area contributed by atoms with Crippen LogP contribution in [0.1, 0.15) is 16.0 Å². The summed E-state index contributed by atoms with van der Waals surface area (Å²) in [5, 5.41) is 0.728. The average Bonchev–Trinajstić information content (AvgIpc) is 2.32. The van der Waals surface area contributed by atoms with Gasteiger partial charge < -0.3 is 0 Å². The number of rotatable bonds is 3. The Kier molecular flexibility index (Phi) is 4.19. The molecule has 0 fully saturated rings. The zero-order chi connectivity index (χ0) is 12.3. The van der Waals surface area contributed by atoms with Crippen molar-refractivity contribution in [3.63, 3.8) is 0 Å². The van der Waals surface area contributed by atoms with Crippen molar-refractivity contribution in [2.24, 2.45) is 0 Å². The highest BCUT2D eigenvalue weighted by Crippen LogP contribution is 2.28. The van der Waals surface area contributed by atoms with E-state index in [4.69, 9.17) is 11.6 Å². The van der Waals surface area contributed by atoms with E-state index < -0.39 is 0 Å². The molecule has 88 valence electrons. The summed E-state index contributed by atoms with van der Waals surface area (Å²) in [6, 6.07) is 14.3. The fourth-order valence-electron chi connectivity index (χ4n) is 1.65. The van der Waals surface area contributed by atoms with E-state index in [-0.39, 0.29) is 10.6 Å². The molecule has 0 radical (unpaired) electrons. The third-order valence-corrected chi connectivity index (χ3v) is 3.63. The first-order valence-corrected chi connectivity index (χ1v) is 6.58. The number of benzene rings is 2. The van der Waals surface area contributed by atoms with Crippen LogP contribution in [0.3, 0.4) is 0 Å². The van der Waals surface area contributed by atoms with Crippen molar-refractivity contribution >= 4 is 27.5 Å². The number of halogens is 3. The Morgan fingerprint density at radius 1 is 1.12 bits per heavy atom. The van der Waals surface area contributed by atoms with Crippen molar-refractivity contribution in [1.29, 1.82) is 0 Å². The van der Waals surface area contributed by atoms with Gasteiger partial charge in [-0.05, 0) is 41.8 Å². The van der Waals surface area contributed by atoms with E-state index in [9.17, 15) is 4.39 Å². The summed E-state index contributed by atoms with van der Waals surface area (Å²) in [5.41, 5.74) is 2.22. The lowest BCUT2D eigenvalue weighted by Gasteiger charge is -2.10. The van der Waals surface area contributed by atoms with E-state index >= 15 is 0 Å². The van der Waals surface area contributed by atoms with Gasteiger partial charge in [0.1, 0.15) is 5.82 Å². The van der Waals surface area contributed by atoms with Gasteiger partial charge in [0.15, 0.2) is 0 Å². The summed E-state index contributed by atoms with van der Waals surface area (Å²) < 4.78 is 12.8. The molecule has 0 spiro atoms. The van der Waals surface area contributed by atoms with Crippen molar-refractivity contribution in [3.8, 4) is 0 Å². The van der Waals surface area contributed by atoms with Crippen LogP contribution >= 0.6 is 27.5 Å². The van der Waals surface area contributed by atoms with Crippen LogP contribution in [-0.4, -0.2) is 0 Å². The normalized spacial score (nSPS) is 12.4. The molecule has 0 aliphatic rings. The molecule has 0 aromatic heterocycles. The number of hydrogen-bond acceptors (Lipinski definition) is 0. The Balaban J connectivity index is 2.11. The highest BCUT2D eigenvalue weighted by molar-refractivity contribution is 9.09. The smallest absolute Gasteiger partial charge is 0.123 e. The summed E-state index contributed by atoms with van der Waals surface area (Å²) >= 11 is 9.57. The van der Waals surface area contributed by atoms with E-state index in [1.54, 1.807) is 12.1 Å². The van der Waals surface area contributed by atoms with Gasteiger partial charge in [0.05, 0.1) is 0 Å². The molecule has 0 N–H and O–H groups in total. The molecule has 2 aromatic carbocycles. The molecule has 0 aliphatic carbocycles. The zero-order valence-electron chi connectivity index (χ0n) is 9.04. The zero-order valence-corrected chi connectivity index (χ0v) is 11.4. The van der Waals surface area contributed by atoms with Crippen LogP contribution in [0, 0.1) is 5.82 Å². The van der Waals surface area contributed by atoms with E-state index in [2.05, 4.69) is 15.9 Å². The summed E-state index contributed by atoms with van der Waals surface area (Å²) in [5.74, 6) is -0.206. The Bertz CT molecular complexity index is 496. The van der Waals surface area contributed by atoms with Gasteiger partial charge in [-0.3, -0.25) is 0 Å². The Hall–Kier alpha value is -0.860. The minimum absolute atomic E-state index is 0.187. The summed E-state index contributed by atoms with van der Waals surface area (Å²) in [4.78, 5) is 0.187. The molecule has 1 unspecified atom stereocenters. The maximum Gasteiger partial charge on any atom is 0.123 e. The number of hydrogen-bond donors (Lipinski definition) is 0. The molecule has 0 nitrogen and oxygen atoms in total. The lowest BCUT2D eigenvalue weighted by atomic mass is 10.0. The van der Waals surface area contributed by atoms with Crippen LogP contribution in [0.5, 0.6) is 0 Å². The highest BCUT2D eigenvalue weighted by atomic mass is 79.9. The summed E-state index contributed by atoms with van der Waals surface area (Å²) in [7, 11) is 0.